The second kappa shape index (κ2) is 31.8. The van der Waals surface area contributed by atoms with E-state index in [0.717, 1.165) is 44.9 Å². The Hall–Kier alpha value is -2.19. The number of aliphatic hydroxyl groups excluding tert-OH is 5. The van der Waals surface area contributed by atoms with Gasteiger partial charge in [-0.2, -0.15) is 0 Å². The molecule has 1 aliphatic carbocycles. The maximum atomic E-state index is 12.8. The third kappa shape index (κ3) is 24.9. The van der Waals surface area contributed by atoms with Crippen LogP contribution in [0.4, 0.5) is 0 Å². The summed E-state index contributed by atoms with van der Waals surface area (Å²) >= 11 is 0. The number of aliphatic hydroxyl groups is 5. The Kier molecular flexibility index (Phi) is 29.4. The Labute approximate surface area is 329 Å². The van der Waals surface area contributed by atoms with E-state index >= 15 is 0 Å². The Morgan fingerprint density at radius 1 is 0.582 bits per heavy atom. The predicted octanol–water partition coefficient (Wildman–Crippen LogP) is 6.83. The van der Waals surface area contributed by atoms with Gasteiger partial charge in [0.2, 0.25) is 0 Å². The molecule has 0 aromatic rings. The van der Waals surface area contributed by atoms with E-state index in [1.54, 1.807) is 0 Å². The first-order chi connectivity index (χ1) is 26.4. The molecule has 0 bridgehead atoms. The van der Waals surface area contributed by atoms with E-state index < -0.39 is 75.7 Å². The summed E-state index contributed by atoms with van der Waals surface area (Å²) in [6, 6.07) is 0. The van der Waals surface area contributed by atoms with Gasteiger partial charge in [-0.25, -0.2) is 4.57 Å². The van der Waals surface area contributed by atoms with E-state index in [-0.39, 0.29) is 12.8 Å². The van der Waals surface area contributed by atoms with Gasteiger partial charge >= 0.3 is 19.8 Å². The lowest BCUT2D eigenvalue weighted by Crippen LogP contribution is -2.64. The van der Waals surface area contributed by atoms with Gasteiger partial charge in [0, 0.05) is 12.8 Å². The lowest BCUT2D eigenvalue weighted by Gasteiger charge is -2.41. The summed E-state index contributed by atoms with van der Waals surface area (Å²) in [5.74, 6) is -1.15. The molecule has 0 radical (unpaired) electrons. The smallest absolute Gasteiger partial charge is 0.462 e. The molecule has 0 saturated heterocycles. The second-order valence-corrected chi connectivity index (χ2v) is 15.6. The highest BCUT2D eigenvalue weighted by molar-refractivity contribution is 7.47. The predicted molar refractivity (Wildman–Crippen MR) is 212 cm³/mol. The summed E-state index contributed by atoms with van der Waals surface area (Å²) in [6.45, 7) is 3.09. The number of rotatable bonds is 32. The van der Waals surface area contributed by atoms with Crippen LogP contribution in [0.15, 0.2) is 48.6 Å². The van der Waals surface area contributed by atoms with Crippen molar-refractivity contribution in [3.8, 4) is 0 Å². The van der Waals surface area contributed by atoms with Crippen molar-refractivity contribution in [2.45, 2.75) is 185 Å². The van der Waals surface area contributed by atoms with Gasteiger partial charge in [-0.3, -0.25) is 18.6 Å². The quantitative estimate of drug-likeness (QED) is 0.0179. The molecule has 1 rings (SSSR count). The molecule has 318 valence electrons. The molecule has 1 saturated carbocycles. The fraction of sp³-hybridized carbons (Fsp3) is 0.756. The first kappa shape index (κ1) is 50.8. The summed E-state index contributed by atoms with van der Waals surface area (Å²) in [7, 11) is -5.12. The summed E-state index contributed by atoms with van der Waals surface area (Å²) in [5, 5.41) is 50.0. The number of allylic oxidation sites excluding steroid dienone is 8. The minimum Gasteiger partial charge on any atom is -0.462 e. The highest BCUT2D eigenvalue weighted by Gasteiger charge is 2.51. The van der Waals surface area contributed by atoms with Crippen LogP contribution in [0.1, 0.15) is 142 Å². The molecule has 8 atom stereocenters. The molecule has 0 aliphatic heterocycles. The number of hydrogen-bond acceptors (Lipinski definition) is 12. The number of unbranched alkanes of at least 4 members (excludes halogenated alkanes) is 15. The van der Waals surface area contributed by atoms with Crippen molar-refractivity contribution in [1.82, 2.24) is 0 Å². The van der Waals surface area contributed by atoms with E-state index in [9.17, 15) is 44.6 Å². The SMILES string of the molecule is CC/C=C/C=C/C=C/C=C/CCCCCC(=O)OC(COC(=O)CCCCCCCCCCCCCCC)COP(=O)(O)OC1C(O)C(O)C(O)[C@@H](O)C1O. The number of esters is 2. The first-order valence-corrected chi connectivity index (χ1v) is 22.0. The van der Waals surface area contributed by atoms with Gasteiger partial charge in [-0.05, 0) is 32.1 Å². The standard InChI is InChI=1S/C41H71O13P/c1-3-5-7-9-11-13-15-17-19-21-23-25-27-29-34(42)51-31-33(32-52-55(49,50)54-41-39(47)37(45)36(44)38(46)40(41)48)53-35(43)30-28-26-24-22-20-18-16-14-12-10-8-6-4-2/h6,8,10,12,14,16,18,20,33,36-41,44-48H,3-5,7,9,11,13,15,17,19,21-32H2,1-2H3,(H,49,50)/b8-6+,12-10+,16-14+,20-18+/t33?,36?,37-,38?,39?,40?,41?/m1/s1. The minimum absolute atomic E-state index is 0.0505. The van der Waals surface area contributed by atoms with E-state index in [1.807, 2.05) is 42.5 Å². The van der Waals surface area contributed by atoms with Crippen LogP contribution in [-0.2, 0) is 32.7 Å². The van der Waals surface area contributed by atoms with Gasteiger partial charge in [-0.15, -0.1) is 0 Å². The van der Waals surface area contributed by atoms with Crippen LogP contribution in [0.3, 0.4) is 0 Å². The van der Waals surface area contributed by atoms with Crippen LogP contribution >= 0.6 is 7.82 Å². The molecular formula is C41H71O13P. The van der Waals surface area contributed by atoms with Crippen molar-refractivity contribution in [3.63, 3.8) is 0 Å². The molecule has 0 spiro atoms. The zero-order chi connectivity index (χ0) is 40.7. The van der Waals surface area contributed by atoms with E-state index in [2.05, 4.69) is 19.9 Å². The van der Waals surface area contributed by atoms with Crippen molar-refractivity contribution in [1.29, 1.82) is 0 Å². The fourth-order valence-corrected chi connectivity index (χ4v) is 6.92. The maximum absolute atomic E-state index is 12.8. The molecule has 0 amide bonds. The monoisotopic (exact) mass is 802 g/mol. The maximum Gasteiger partial charge on any atom is 0.472 e. The molecular weight excluding hydrogens is 731 g/mol. The van der Waals surface area contributed by atoms with Gasteiger partial charge in [0.1, 0.15) is 43.2 Å². The number of phosphoric acid groups is 1. The van der Waals surface area contributed by atoms with Crippen molar-refractivity contribution >= 4 is 19.8 Å². The normalized spacial score (nSPS) is 23.6. The van der Waals surface area contributed by atoms with Gasteiger partial charge in [0.05, 0.1) is 6.61 Å². The highest BCUT2D eigenvalue weighted by Crippen LogP contribution is 2.47. The number of carbonyl (C=O) groups is 2. The summed E-state index contributed by atoms with van der Waals surface area (Å²) < 4.78 is 33.3. The van der Waals surface area contributed by atoms with Crippen molar-refractivity contribution in [2.75, 3.05) is 13.2 Å². The Morgan fingerprint density at radius 2 is 1.04 bits per heavy atom. The molecule has 55 heavy (non-hydrogen) atoms. The van der Waals surface area contributed by atoms with Crippen LogP contribution in [0.25, 0.3) is 0 Å². The van der Waals surface area contributed by atoms with Gasteiger partial charge in [0.25, 0.3) is 0 Å². The molecule has 13 nitrogen and oxygen atoms in total. The van der Waals surface area contributed by atoms with Gasteiger partial charge < -0.3 is 39.9 Å². The van der Waals surface area contributed by atoms with Crippen LogP contribution in [0.2, 0.25) is 0 Å². The Bertz CT molecular complexity index is 1160. The lowest BCUT2D eigenvalue weighted by atomic mass is 9.85. The number of phosphoric ester groups is 1. The van der Waals surface area contributed by atoms with E-state index in [4.69, 9.17) is 18.5 Å². The lowest BCUT2D eigenvalue weighted by molar-refractivity contribution is -0.220. The third-order valence-electron chi connectivity index (χ3n) is 9.28. The number of hydrogen-bond donors (Lipinski definition) is 6. The fourth-order valence-electron chi connectivity index (χ4n) is 5.94. The summed E-state index contributed by atoms with van der Waals surface area (Å²) in [6.07, 6.45) is 21.8. The summed E-state index contributed by atoms with van der Waals surface area (Å²) in [5.41, 5.74) is 0. The van der Waals surface area contributed by atoms with Gasteiger partial charge in [0.15, 0.2) is 6.10 Å². The van der Waals surface area contributed by atoms with E-state index in [0.29, 0.717) is 12.8 Å². The third-order valence-corrected chi connectivity index (χ3v) is 10.3. The molecule has 0 aromatic carbocycles. The van der Waals surface area contributed by atoms with Crippen molar-refractivity contribution < 1.29 is 63.1 Å². The van der Waals surface area contributed by atoms with E-state index in [1.165, 1.54) is 57.8 Å². The topological polar surface area (TPSA) is 210 Å². The molecule has 1 aliphatic rings. The summed E-state index contributed by atoms with van der Waals surface area (Å²) in [4.78, 5) is 35.5. The first-order valence-electron chi connectivity index (χ1n) is 20.5. The van der Waals surface area contributed by atoms with Crippen molar-refractivity contribution in [2.24, 2.45) is 0 Å². The van der Waals surface area contributed by atoms with Crippen LogP contribution in [-0.4, -0.2) is 98.3 Å². The second-order valence-electron chi connectivity index (χ2n) is 14.2. The largest absolute Gasteiger partial charge is 0.472 e. The molecule has 6 N–H and O–H groups in total. The zero-order valence-corrected chi connectivity index (χ0v) is 34.1. The molecule has 14 heteroatoms. The molecule has 0 aromatic heterocycles. The Balaban J connectivity index is 2.55. The molecule has 0 heterocycles. The Morgan fingerprint density at radius 3 is 1.58 bits per heavy atom. The van der Waals surface area contributed by atoms with Crippen molar-refractivity contribution in [3.05, 3.63) is 48.6 Å². The van der Waals surface area contributed by atoms with Crippen LogP contribution in [0, 0.1) is 0 Å². The van der Waals surface area contributed by atoms with Crippen LogP contribution < -0.4 is 0 Å². The highest BCUT2D eigenvalue weighted by atomic mass is 31.2. The van der Waals surface area contributed by atoms with Gasteiger partial charge in [-0.1, -0.05) is 146 Å². The van der Waals surface area contributed by atoms with Crippen LogP contribution in [0.5, 0.6) is 0 Å². The average Bonchev–Trinajstić information content (AvgIpc) is 3.16. The minimum atomic E-state index is -5.12. The number of carbonyl (C=O) groups excluding carboxylic acids is 2. The molecule has 1 fully saturated rings. The molecule has 7 unspecified atom stereocenters. The average molecular weight is 803 g/mol. The zero-order valence-electron chi connectivity index (χ0n) is 33.2. The number of ether oxygens (including phenoxy) is 2.